The predicted molar refractivity (Wildman–Crippen MR) is 88.8 cm³/mol. The van der Waals surface area contributed by atoms with Gasteiger partial charge in [0.2, 0.25) is 0 Å². The zero-order valence-corrected chi connectivity index (χ0v) is 13.1. The van der Waals surface area contributed by atoms with Crippen molar-refractivity contribution in [2.45, 2.75) is 64.7 Å². The molecule has 1 aromatic heterocycles. The Morgan fingerprint density at radius 2 is 1.57 bits per heavy atom. The summed E-state index contributed by atoms with van der Waals surface area (Å²) in [7, 11) is 0. The number of aryl methyl sites for hydroxylation is 1. The summed E-state index contributed by atoms with van der Waals surface area (Å²) < 4.78 is 5.80. The highest BCUT2D eigenvalue weighted by molar-refractivity contribution is 5.76. The molecule has 0 bridgehead atoms. The first-order valence-corrected chi connectivity index (χ1v) is 8.33. The van der Waals surface area contributed by atoms with Crippen LogP contribution in [0.2, 0.25) is 0 Å². The van der Waals surface area contributed by atoms with Gasteiger partial charge in [-0.25, -0.2) is 0 Å². The Hall–Kier alpha value is -1.57. The monoisotopic (exact) mass is 286 g/mol. The second-order valence-corrected chi connectivity index (χ2v) is 5.80. The van der Waals surface area contributed by atoms with E-state index < -0.39 is 0 Å². The van der Waals surface area contributed by atoms with Crippen LogP contribution in [0.4, 0.5) is 0 Å². The Kier molecular flexibility index (Phi) is 6.52. The molecule has 0 N–H and O–H groups in total. The van der Waals surface area contributed by atoms with Crippen LogP contribution < -0.4 is 5.43 Å². The summed E-state index contributed by atoms with van der Waals surface area (Å²) in [5.74, 6) is 0.824. The van der Waals surface area contributed by atoms with Gasteiger partial charge in [-0.15, -0.1) is 0 Å². The fraction of sp³-hybridized carbons (Fsp3) is 0.526. The van der Waals surface area contributed by atoms with Crippen molar-refractivity contribution in [2.75, 3.05) is 0 Å². The number of para-hydroxylation sites is 1. The summed E-state index contributed by atoms with van der Waals surface area (Å²) >= 11 is 0. The van der Waals surface area contributed by atoms with Crippen molar-refractivity contribution in [1.29, 1.82) is 0 Å². The molecule has 114 valence electrons. The minimum absolute atomic E-state index is 0.0754. The third-order valence-electron chi connectivity index (χ3n) is 3.96. The van der Waals surface area contributed by atoms with E-state index >= 15 is 0 Å². The van der Waals surface area contributed by atoms with E-state index in [0.29, 0.717) is 11.0 Å². The normalized spacial score (nSPS) is 11.1. The summed E-state index contributed by atoms with van der Waals surface area (Å²) in [6.45, 7) is 2.25. The number of benzene rings is 1. The summed E-state index contributed by atoms with van der Waals surface area (Å²) in [4.78, 5) is 12.0. The average molecular weight is 286 g/mol. The molecule has 2 rings (SSSR count). The molecular weight excluding hydrogens is 260 g/mol. The average Bonchev–Trinajstić information content (AvgIpc) is 2.50. The van der Waals surface area contributed by atoms with Gasteiger partial charge in [-0.05, 0) is 18.6 Å². The zero-order valence-electron chi connectivity index (χ0n) is 13.1. The minimum Gasteiger partial charge on any atom is -0.461 e. The fourth-order valence-electron chi connectivity index (χ4n) is 2.71. The van der Waals surface area contributed by atoms with Crippen LogP contribution in [0, 0.1) is 0 Å². The molecule has 0 spiro atoms. The lowest BCUT2D eigenvalue weighted by Crippen LogP contribution is -2.02. The van der Waals surface area contributed by atoms with E-state index in [-0.39, 0.29) is 5.43 Å². The van der Waals surface area contributed by atoms with Crippen LogP contribution in [-0.4, -0.2) is 0 Å². The molecule has 2 nitrogen and oxygen atoms in total. The largest absolute Gasteiger partial charge is 0.461 e. The first-order valence-electron chi connectivity index (χ1n) is 8.33. The van der Waals surface area contributed by atoms with E-state index in [1.807, 2.05) is 24.3 Å². The maximum atomic E-state index is 12.0. The minimum atomic E-state index is 0.0754. The SMILES string of the molecule is CCCCCCCCCCc1cc(=O)c2ccccc2o1. The number of rotatable bonds is 9. The van der Waals surface area contributed by atoms with Gasteiger partial charge in [-0.3, -0.25) is 4.79 Å². The van der Waals surface area contributed by atoms with Gasteiger partial charge in [0.05, 0.1) is 5.39 Å². The Labute approximate surface area is 127 Å². The van der Waals surface area contributed by atoms with Crippen molar-refractivity contribution in [2.24, 2.45) is 0 Å². The molecule has 1 aromatic carbocycles. The van der Waals surface area contributed by atoms with Crippen LogP contribution in [0.5, 0.6) is 0 Å². The number of fused-ring (bicyclic) bond motifs is 1. The van der Waals surface area contributed by atoms with Crippen molar-refractivity contribution < 1.29 is 4.42 Å². The third kappa shape index (κ3) is 5.04. The van der Waals surface area contributed by atoms with E-state index in [1.165, 1.54) is 44.9 Å². The molecule has 2 aromatic rings. The van der Waals surface area contributed by atoms with E-state index in [1.54, 1.807) is 6.07 Å². The van der Waals surface area contributed by atoms with Crippen LogP contribution in [0.25, 0.3) is 11.0 Å². The van der Waals surface area contributed by atoms with Crippen LogP contribution in [0.3, 0.4) is 0 Å². The zero-order chi connectivity index (χ0) is 14.9. The number of unbranched alkanes of at least 4 members (excludes halogenated alkanes) is 7. The molecule has 0 atom stereocenters. The van der Waals surface area contributed by atoms with Crippen molar-refractivity contribution in [1.82, 2.24) is 0 Å². The first kappa shape index (κ1) is 15.8. The highest BCUT2D eigenvalue weighted by Crippen LogP contribution is 2.15. The fourth-order valence-corrected chi connectivity index (χ4v) is 2.71. The van der Waals surface area contributed by atoms with E-state index in [4.69, 9.17) is 4.42 Å². The van der Waals surface area contributed by atoms with Gasteiger partial charge < -0.3 is 4.42 Å². The molecular formula is C19H26O2. The maximum absolute atomic E-state index is 12.0. The van der Waals surface area contributed by atoms with Gasteiger partial charge in [-0.2, -0.15) is 0 Å². The molecule has 0 aliphatic heterocycles. The standard InChI is InChI=1S/C19H26O2/c1-2-3-4-5-6-7-8-9-12-16-15-18(20)17-13-10-11-14-19(17)21-16/h10-11,13-15H,2-9,12H2,1H3. The molecule has 21 heavy (non-hydrogen) atoms. The summed E-state index contributed by atoms with van der Waals surface area (Å²) in [6.07, 6.45) is 11.2. The first-order chi connectivity index (χ1) is 10.3. The van der Waals surface area contributed by atoms with Crippen LogP contribution in [0.1, 0.15) is 64.1 Å². The quantitative estimate of drug-likeness (QED) is 0.572. The lowest BCUT2D eigenvalue weighted by atomic mass is 10.1. The molecule has 1 heterocycles. The van der Waals surface area contributed by atoms with Crippen molar-refractivity contribution >= 4 is 11.0 Å². The highest BCUT2D eigenvalue weighted by Gasteiger charge is 2.03. The van der Waals surface area contributed by atoms with Crippen LogP contribution in [0.15, 0.2) is 39.5 Å². The summed E-state index contributed by atoms with van der Waals surface area (Å²) in [5, 5.41) is 0.678. The van der Waals surface area contributed by atoms with Crippen LogP contribution >= 0.6 is 0 Å². The number of hydrogen-bond acceptors (Lipinski definition) is 2. The molecule has 0 amide bonds. The maximum Gasteiger partial charge on any atom is 0.192 e. The van der Waals surface area contributed by atoms with E-state index in [0.717, 1.165) is 18.6 Å². The Morgan fingerprint density at radius 1 is 0.905 bits per heavy atom. The molecule has 0 unspecified atom stereocenters. The lowest BCUT2D eigenvalue weighted by Gasteiger charge is -2.03. The van der Waals surface area contributed by atoms with E-state index in [9.17, 15) is 4.79 Å². The van der Waals surface area contributed by atoms with Gasteiger partial charge >= 0.3 is 0 Å². The smallest absolute Gasteiger partial charge is 0.192 e. The summed E-state index contributed by atoms with van der Waals surface area (Å²) in [5.41, 5.74) is 0.783. The molecule has 0 aliphatic carbocycles. The highest BCUT2D eigenvalue weighted by atomic mass is 16.3. The van der Waals surface area contributed by atoms with Gasteiger partial charge in [0.1, 0.15) is 11.3 Å². The van der Waals surface area contributed by atoms with Crippen molar-refractivity contribution in [3.63, 3.8) is 0 Å². The van der Waals surface area contributed by atoms with Crippen LogP contribution in [-0.2, 0) is 6.42 Å². The second-order valence-electron chi connectivity index (χ2n) is 5.80. The molecule has 0 saturated heterocycles. The molecule has 0 fully saturated rings. The Morgan fingerprint density at radius 3 is 2.33 bits per heavy atom. The van der Waals surface area contributed by atoms with Gasteiger partial charge in [-0.1, -0.05) is 64.0 Å². The van der Waals surface area contributed by atoms with Gasteiger partial charge in [0, 0.05) is 12.5 Å². The van der Waals surface area contributed by atoms with Crippen molar-refractivity contribution in [3.05, 3.63) is 46.3 Å². The summed E-state index contributed by atoms with van der Waals surface area (Å²) in [6, 6.07) is 9.13. The Balaban J connectivity index is 1.75. The van der Waals surface area contributed by atoms with Gasteiger partial charge in [0.25, 0.3) is 0 Å². The van der Waals surface area contributed by atoms with Gasteiger partial charge in [0.15, 0.2) is 5.43 Å². The topological polar surface area (TPSA) is 30.2 Å². The molecule has 0 aliphatic rings. The Bertz CT molecular complexity index is 598. The predicted octanol–water partition coefficient (Wildman–Crippen LogP) is 5.48. The second kappa shape index (κ2) is 8.66. The third-order valence-corrected chi connectivity index (χ3v) is 3.96. The lowest BCUT2D eigenvalue weighted by molar-refractivity contribution is 0.508. The number of hydrogen-bond donors (Lipinski definition) is 0. The van der Waals surface area contributed by atoms with E-state index in [2.05, 4.69) is 6.92 Å². The molecule has 2 heteroatoms. The molecule has 0 radical (unpaired) electrons. The van der Waals surface area contributed by atoms with Crippen molar-refractivity contribution in [3.8, 4) is 0 Å². The molecule has 0 saturated carbocycles.